The number of hydrogen-bond donors (Lipinski definition) is 0. The van der Waals surface area contributed by atoms with Crippen molar-refractivity contribution in [3.8, 4) is 28.7 Å². The van der Waals surface area contributed by atoms with Gasteiger partial charge in [-0.05, 0) is 47.7 Å². The average molecular weight is 597 g/mol. The Balaban J connectivity index is 1.95. The Hall–Kier alpha value is -2.97. The maximum absolute atomic E-state index is 13.1. The molecule has 0 amide bonds. The molecule has 2 atom stereocenters. The molecule has 2 aliphatic rings. The second kappa shape index (κ2) is 13.1. The first-order valence-corrected chi connectivity index (χ1v) is 17.5. The van der Waals surface area contributed by atoms with E-state index in [4.69, 9.17) is 28.1 Å². The third kappa shape index (κ3) is 5.55. The first-order chi connectivity index (χ1) is 20.0. The van der Waals surface area contributed by atoms with Gasteiger partial charge in [-0.3, -0.25) is 4.79 Å². The second-order valence-electron chi connectivity index (χ2n) is 12.1. The number of rotatable bonds is 12. The quantitative estimate of drug-likeness (QED) is 0.153. The lowest BCUT2D eigenvalue weighted by Crippen LogP contribution is -2.51. The molecule has 42 heavy (non-hydrogen) atoms. The third-order valence-electron chi connectivity index (χ3n) is 8.72. The van der Waals surface area contributed by atoms with Crippen LogP contribution in [-0.2, 0) is 14.0 Å². The minimum atomic E-state index is -2.38. The molecule has 4 rings (SSSR count). The molecule has 2 aliphatic heterocycles. The Kier molecular flexibility index (Phi) is 9.98. The van der Waals surface area contributed by atoms with E-state index >= 15 is 0 Å². The normalized spacial score (nSPS) is 18.5. The molecular formula is C34H48O7Si. The Morgan fingerprint density at radius 2 is 1.62 bits per heavy atom. The summed E-state index contributed by atoms with van der Waals surface area (Å²) in [6, 6.07) is 7.73. The van der Waals surface area contributed by atoms with Crippen molar-refractivity contribution in [3.63, 3.8) is 0 Å². The minimum absolute atomic E-state index is 0.116. The first kappa shape index (κ1) is 32.0. The van der Waals surface area contributed by atoms with E-state index in [1.54, 1.807) is 14.2 Å². The van der Waals surface area contributed by atoms with Gasteiger partial charge in [0.25, 0.3) is 0 Å². The summed E-state index contributed by atoms with van der Waals surface area (Å²) >= 11 is 0. The lowest BCUT2D eigenvalue weighted by Gasteiger charge is -2.44. The van der Waals surface area contributed by atoms with Gasteiger partial charge in [-0.1, -0.05) is 67.0 Å². The van der Waals surface area contributed by atoms with Crippen molar-refractivity contribution in [1.29, 1.82) is 0 Å². The van der Waals surface area contributed by atoms with E-state index in [2.05, 4.69) is 54.5 Å². The summed E-state index contributed by atoms with van der Waals surface area (Å²) in [7, 11) is 0.947. The molecule has 0 saturated heterocycles. The lowest BCUT2D eigenvalue weighted by molar-refractivity contribution is -0.145. The van der Waals surface area contributed by atoms with Gasteiger partial charge in [0.15, 0.2) is 6.29 Å². The van der Waals surface area contributed by atoms with Gasteiger partial charge in [0.05, 0.1) is 44.3 Å². The molecule has 230 valence electrons. The third-order valence-corrected chi connectivity index (χ3v) is 14.8. The summed E-state index contributed by atoms with van der Waals surface area (Å²) in [6.07, 6.45) is 3.53. The van der Waals surface area contributed by atoms with Crippen LogP contribution in [0.15, 0.2) is 30.3 Å². The van der Waals surface area contributed by atoms with Gasteiger partial charge in [0, 0.05) is 11.6 Å². The molecule has 7 nitrogen and oxygen atoms in total. The molecule has 0 aliphatic carbocycles. The number of hydrogen-bond acceptors (Lipinski definition) is 7. The molecule has 2 aromatic rings. The maximum Gasteiger partial charge on any atom is 0.306 e. The molecule has 0 N–H and O–H groups in total. The fraction of sp³-hybridized carbons (Fsp3) is 0.559. The highest BCUT2D eigenvalue weighted by atomic mass is 28.4. The monoisotopic (exact) mass is 596 g/mol. The number of carbonyl (C=O) groups is 1. The average Bonchev–Trinajstić information content (AvgIpc) is 3.28. The highest BCUT2D eigenvalue weighted by Gasteiger charge is 2.52. The number of carbonyl (C=O) groups excluding carboxylic acids is 1. The summed E-state index contributed by atoms with van der Waals surface area (Å²) in [5.41, 5.74) is 4.55. The standard InChI is InChI=1S/C34H48O7Si/c1-11-13-15-23-30-25(36-9)16-14-17-26(30)39-33-31(23)27(37-10)19-28-32(33)24(18-29(35)38-12-2)34(40-28)41-42(20(3)4,21(5)6)22(7)8/h14-17,19-22,24,34H,11-13,18H2,1-10H3/b23-15+. The van der Waals surface area contributed by atoms with Crippen molar-refractivity contribution in [2.24, 2.45) is 0 Å². The van der Waals surface area contributed by atoms with E-state index in [0.29, 0.717) is 46.2 Å². The molecule has 8 heteroatoms. The van der Waals surface area contributed by atoms with Crippen LogP contribution in [0.2, 0.25) is 16.6 Å². The fourth-order valence-electron chi connectivity index (χ4n) is 7.01. The number of ether oxygens (including phenoxy) is 5. The number of fused-ring (bicyclic) bond motifs is 4. The van der Waals surface area contributed by atoms with Gasteiger partial charge in [0.2, 0.25) is 8.32 Å². The number of allylic oxidation sites excluding steroid dienone is 1. The van der Waals surface area contributed by atoms with Crippen molar-refractivity contribution in [2.75, 3.05) is 20.8 Å². The van der Waals surface area contributed by atoms with E-state index in [0.717, 1.165) is 40.9 Å². The van der Waals surface area contributed by atoms with Crippen LogP contribution in [0, 0.1) is 0 Å². The van der Waals surface area contributed by atoms with Crippen molar-refractivity contribution >= 4 is 19.9 Å². The van der Waals surface area contributed by atoms with E-state index in [-0.39, 0.29) is 12.4 Å². The zero-order valence-corrected chi connectivity index (χ0v) is 28.0. The summed E-state index contributed by atoms with van der Waals surface area (Å²) in [5, 5.41) is 0. The van der Waals surface area contributed by atoms with Gasteiger partial charge < -0.3 is 28.1 Å². The number of methoxy groups -OCH3 is 2. The number of unbranched alkanes of at least 4 members (excludes halogenated alkanes) is 1. The summed E-state index contributed by atoms with van der Waals surface area (Å²) in [6.45, 7) is 17.8. The Morgan fingerprint density at radius 1 is 0.952 bits per heavy atom. The van der Waals surface area contributed by atoms with Crippen LogP contribution in [0.5, 0.6) is 28.7 Å². The zero-order valence-electron chi connectivity index (χ0n) is 27.0. The SMILES string of the molecule is CCC/C=C1\c2c(OC)cccc2Oc2c1c(OC)cc1c2C(CC(=O)OCC)C(O[Si](C(C)C)(C(C)C)C(C)C)O1. The number of esters is 1. The van der Waals surface area contributed by atoms with Crippen LogP contribution in [0.4, 0.5) is 0 Å². The largest absolute Gasteiger partial charge is 0.496 e. The summed E-state index contributed by atoms with van der Waals surface area (Å²) in [4.78, 5) is 13.1. The molecule has 0 fully saturated rings. The fourth-order valence-corrected chi connectivity index (χ4v) is 12.4. The molecule has 2 heterocycles. The van der Waals surface area contributed by atoms with Crippen LogP contribution in [0.25, 0.3) is 5.57 Å². The first-order valence-electron chi connectivity index (χ1n) is 15.4. The Bertz CT molecular complexity index is 1290. The van der Waals surface area contributed by atoms with E-state index < -0.39 is 20.5 Å². The molecule has 2 aromatic carbocycles. The summed E-state index contributed by atoms with van der Waals surface area (Å²) < 4.78 is 37.8. The van der Waals surface area contributed by atoms with Crippen LogP contribution in [0.1, 0.15) is 97.3 Å². The minimum Gasteiger partial charge on any atom is -0.496 e. The van der Waals surface area contributed by atoms with Crippen molar-refractivity contribution in [3.05, 3.63) is 47.0 Å². The van der Waals surface area contributed by atoms with Crippen molar-refractivity contribution in [2.45, 2.75) is 103 Å². The molecule has 0 spiro atoms. The highest BCUT2D eigenvalue weighted by Crippen LogP contribution is 2.59. The topological polar surface area (TPSA) is 72.5 Å². The molecule has 0 aromatic heterocycles. The number of benzene rings is 2. The van der Waals surface area contributed by atoms with Crippen LogP contribution in [0.3, 0.4) is 0 Å². The van der Waals surface area contributed by atoms with Gasteiger partial charge in [0.1, 0.15) is 28.7 Å². The highest BCUT2D eigenvalue weighted by molar-refractivity contribution is 6.77. The van der Waals surface area contributed by atoms with E-state index in [1.807, 2.05) is 31.2 Å². The predicted octanol–water partition coefficient (Wildman–Crippen LogP) is 8.99. The zero-order chi connectivity index (χ0) is 30.8. The van der Waals surface area contributed by atoms with Crippen LogP contribution < -0.4 is 18.9 Å². The van der Waals surface area contributed by atoms with E-state index in [9.17, 15) is 4.79 Å². The Labute approximate surface area is 252 Å². The van der Waals surface area contributed by atoms with Gasteiger partial charge in [-0.2, -0.15) is 0 Å². The van der Waals surface area contributed by atoms with Gasteiger partial charge in [-0.25, -0.2) is 0 Å². The van der Waals surface area contributed by atoms with Crippen LogP contribution >= 0.6 is 0 Å². The second-order valence-corrected chi connectivity index (χ2v) is 17.5. The smallest absolute Gasteiger partial charge is 0.306 e. The van der Waals surface area contributed by atoms with Gasteiger partial charge >= 0.3 is 5.97 Å². The Morgan fingerprint density at radius 3 is 2.19 bits per heavy atom. The van der Waals surface area contributed by atoms with Crippen molar-refractivity contribution < 1.29 is 32.9 Å². The molecular weight excluding hydrogens is 548 g/mol. The molecule has 0 saturated carbocycles. The molecule has 2 unspecified atom stereocenters. The van der Waals surface area contributed by atoms with Crippen LogP contribution in [-0.4, -0.2) is 41.4 Å². The maximum atomic E-state index is 13.1. The van der Waals surface area contributed by atoms with Crippen molar-refractivity contribution in [1.82, 2.24) is 0 Å². The summed E-state index contributed by atoms with van der Waals surface area (Å²) in [5.74, 6) is 2.60. The molecule has 0 bridgehead atoms. The predicted molar refractivity (Wildman–Crippen MR) is 169 cm³/mol. The van der Waals surface area contributed by atoms with Gasteiger partial charge in [-0.15, -0.1) is 0 Å². The lowest BCUT2D eigenvalue weighted by atomic mass is 9.86. The molecule has 0 radical (unpaired) electrons. The van der Waals surface area contributed by atoms with E-state index in [1.165, 1.54) is 0 Å².